The normalized spacial score (nSPS) is 9.69. The van der Waals surface area contributed by atoms with Gasteiger partial charge in [-0.3, -0.25) is 0 Å². The van der Waals surface area contributed by atoms with Gasteiger partial charge in [0, 0.05) is 0 Å². The highest BCUT2D eigenvalue weighted by atomic mass is 35.5. The Labute approximate surface area is 98.8 Å². The number of hydrogen-bond donors (Lipinski definition) is 0. The molecule has 0 fully saturated rings. The number of pyridine rings is 1. The second kappa shape index (κ2) is 5.51. The molecule has 1 aromatic rings. The lowest BCUT2D eigenvalue weighted by Gasteiger charge is -2.07. The maximum Gasteiger partial charge on any atom is 0.338 e. The minimum atomic E-state index is -0.477. The van der Waals surface area contributed by atoms with Crippen molar-refractivity contribution in [3.05, 3.63) is 35.1 Å². The molecule has 0 spiro atoms. The third kappa shape index (κ3) is 2.97. The molecule has 0 bridgehead atoms. The summed E-state index contributed by atoms with van der Waals surface area (Å²) in [6.45, 7) is 5.99. The van der Waals surface area contributed by atoms with Crippen LogP contribution in [0.3, 0.4) is 0 Å². The van der Waals surface area contributed by atoms with Crippen molar-refractivity contribution >= 4 is 23.3 Å². The molecule has 4 nitrogen and oxygen atoms in total. The topological polar surface area (TPSA) is 48.4 Å². The third-order valence-electron chi connectivity index (χ3n) is 1.82. The van der Waals surface area contributed by atoms with E-state index in [4.69, 9.17) is 16.3 Å². The van der Waals surface area contributed by atoms with Gasteiger partial charge in [0.25, 0.3) is 0 Å². The number of hydrogen-bond acceptors (Lipinski definition) is 4. The predicted octanol–water partition coefficient (Wildman–Crippen LogP) is 2.53. The Balaban J connectivity index is 3.07. The SMILES string of the molecule is C=C(OCC)c1cc(C(=O)OC)cc(Cl)n1. The lowest BCUT2D eigenvalue weighted by atomic mass is 10.2. The first-order valence-corrected chi connectivity index (χ1v) is 5.04. The van der Waals surface area contributed by atoms with Crippen LogP contribution in [0.2, 0.25) is 5.15 Å². The van der Waals surface area contributed by atoms with Crippen LogP contribution in [-0.2, 0) is 9.47 Å². The van der Waals surface area contributed by atoms with Crippen molar-refractivity contribution < 1.29 is 14.3 Å². The summed E-state index contributed by atoms with van der Waals surface area (Å²) >= 11 is 5.78. The second-order valence-electron chi connectivity index (χ2n) is 2.91. The molecule has 16 heavy (non-hydrogen) atoms. The largest absolute Gasteiger partial charge is 0.492 e. The molecule has 0 radical (unpaired) electrons. The first kappa shape index (κ1) is 12.5. The van der Waals surface area contributed by atoms with Crippen molar-refractivity contribution in [3.8, 4) is 0 Å². The zero-order valence-corrected chi connectivity index (χ0v) is 9.87. The molecule has 1 aromatic heterocycles. The van der Waals surface area contributed by atoms with E-state index < -0.39 is 5.97 Å². The van der Waals surface area contributed by atoms with Crippen molar-refractivity contribution in [2.45, 2.75) is 6.92 Å². The van der Waals surface area contributed by atoms with Gasteiger partial charge >= 0.3 is 5.97 Å². The van der Waals surface area contributed by atoms with Crippen LogP contribution < -0.4 is 0 Å². The van der Waals surface area contributed by atoms with Gasteiger partial charge in [-0.05, 0) is 19.1 Å². The van der Waals surface area contributed by atoms with Crippen LogP contribution in [-0.4, -0.2) is 24.7 Å². The average molecular weight is 242 g/mol. The third-order valence-corrected chi connectivity index (χ3v) is 2.01. The summed E-state index contributed by atoms with van der Waals surface area (Å²) in [5.74, 6) is -0.106. The lowest BCUT2D eigenvalue weighted by Crippen LogP contribution is -2.04. The van der Waals surface area contributed by atoms with Crippen LogP contribution in [0.4, 0.5) is 0 Å². The number of esters is 1. The molecule has 0 aliphatic heterocycles. The highest BCUT2D eigenvalue weighted by molar-refractivity contribution is 6.29. The quantitative estimate of drug-likeness (QED) is 0.462. The maximum atomic E-state index is 11.3. The Hall–Kier alpha value is -1.55. The van der Waals surface area contributed by atoms with Crippen molar-refractivity contribution in [2.24, 2.45) is 0 Å². The molecule has 86 valence electrons. The fraction of sp³-hybridized carbons (Fsp3) is 0.273. The van der Waals surface area contributed by atoms with Gasteiger partial charge in [-0.15, -0.1) is 0 Å². The summed E-state index contributed by atoms with van der Waals surface area (Å²) in [5.41, 5.74) is 0.744. The first-order chi connectivity index (χ1) is 7.58. The standard InChI is InChI=1S/C11H12ClNO3/c1-4-16-7(2)9-5-8(11(14)15-3)6-10(12)13-9/h5-6H,2,4H2,1,3H3. The second-order valence-corrected chi connectivity index (χ2v) is 3.30. The van der Waals surface area contributed by atoms with E-state index in [1.165, 1.54) is 19.2 Å². The maximum absolute atomic E-state index is 11.3. The molecular formula is C11H12ClNO3. The fourth-order valence-electron chi connectivity index (χ4n) is 1.12. The van der Waals surface area contributed by atoms with Crippen LogP contribution in [0, 0.1) is 0 Å². The minimum absolute atomic E-state index is 0.193. The number of rotatable bonds is 4. The highest BCUT2D eigenvalue weighted by Crippen LogP contribution is 2.17. The van der Waals surface area contributed by atoms with Gasteiger partial charge in [0.15, 0.2) is 0 Å². The molecule has 0 N–H and O–H groups in total. The molecule has 0 saturated heterocycles. The van der Waals surface area contributed by atoms with Gasteiger partial charge in [-0.1, -0.05) is 18.2 Å². The van der Waals surface area contributed by atoms with Gasteiger partial charge in [0.05, 0.1) is 19.3 Å². The highest BCUT2D eigenvalue weighted by Gasteiger charge is 2.11. The Morgan fingerprint density at radius 3 is 2.81 bits per heavy atom. The zero-order valence-electron chi connectivity index (χ0n) is 9.12. The van der Waals surface area contributed by atoms with Crippen LogP contribution >= 0.6 is 11.6 Å². The van der Waals surface area contributed by atoms with Crippen LogP contribution in [0.5, 0.6) is 0 Å². The molecule has 5 heteroatoms. The molecular weight excluding hydrogens is 230 g/mol. The number of methoxy groups -OCH3 is 1. The van der Waals surface area contributed by atoms with Crippen molar-refractivity contribution in [1.29, 1.82) is 0 Å². The summed E-state index contributed by atoms with van der Waals surface area (Å²) in [6.07, 6.45) is 0. The predicted molar refractivity (Wildman–Crippen MR) is 61.2 cm³/mol. The summed E-state index contributed by atoms with van der Waals surface area (Å²) < 4.78 is 9.77. The van der Waals surface area contributed by atoms with E-state index in [1.54, 1.807) is 0 Å². The van der Waals surface area contributed by atoms with Gasteiger partial charge in [-0.2, -0.15) is 0 Å². The smallest absolute Gasteiger partial charge is 0.338 e. The zero-order chi connectivity index (χ0) is 12.1. The summed E-state index contributed by atoms with van der Waals surface area (Å²) in [4.78, 5) is 15.3. The molecule has 0 atom stereocenters. The molecule has 0 amide bonds. The van der Waals surface area contributed by atoms with Gasteiger partial charge in [0.1, 0.15) is 16.6 Å². The lowest BCUT2D eigenvalue weighted by molar-refractivity contribution is 0.0600. The van der Waals surface area contributed by atoms with Crippen molar-refractivity contribution in [2.75, 3.05) is 13.7 Å². The molecule has 0 saturated carbocycles. The number of ether oxygens (including phenoxy) is 2. The van der Waals surface area contributed by atoms with E-state index in [9.17, 15) is 4.79 Å². The number of carbonyl (C=O) groups is 1. The van der Waals surface area contributed by atoms with E-state index >= 15 is 0 Å². The summed E-state index contributed by atoms with van der Waals surface area (Å²) in [6, 6.07) is 2.95. The van der Waals surface area contributed by atoms with E-state index in [-0.39, 0.29) is 5.15 Å². The van der Waals surface area contributed by atoms with Crippen molar-refractivity contribution in [1.82, 2.24) is 4.98 Å². The Kier molecular flexibility index (Phi) is 4.31. The summed E-state index contributed by atoms with van der Waals surface area (Å²) in [5, 5.41) is 0.193. The number of aromatic nitrogens is 1. The Morgan fingerprint density at radius 1 is 1.56 bits per heavy atom. The molecule has 0 aliphatic carbocycles. The number of halogens is 1. The number of carbonyl (C=O) groups excluding carboxylic acids is 1. The molecule has 0 aliphatic rings. The van der Waals surface area contributed by atoms with Crippen LogP contribution in [0.25, 0.3) is 5.76 Å². The van der Waals surface area contributed by atoms with E-state index in [1.807, 2.05) is 6.92 Å². The van der Waals surface area contributed by atoms with E-state index in [2.05, 4.69) is 16.3 Å². The monoisotopic (exact) mass is 241 g/mol. The molecule has 0 unspecified atom stereocenters. The Morgan fingerprint density at radius 2 is 2.25 bits per heavy atom. The average Bonchev–Trinajstić information content (AvgIpc) is 2.27. The molecule has 1 rings (SSSR count). The summed E-state index contributed by atoms with van der Waals surface area (Å²) in [7, 11) is 1.30. The van der Waals surface area contributed by atoms with Gasteiger partial charge < -0.3 is 9.47 Å². The number of nitrogens with zero attached hydrogens (tertiary/aromatic N) is 1. The van der Waals surface area contributed by atoms with Crippen LogP contribution in [0.1, 0.15) is 23.0 Å². The Bertz CT molecular complexity index is 418. The van der Waals surface area contributed by atoms with E-state index in [0.29, 0.717) is 23.6 Å². The molecule has 0 aromatic carbocycles. The van der Waals surface area contributed by atoms with Crippen molar-refractivity contribution in [3.63, 3.8) is 0 Å². The van der Waals surface area contributed by atoms with Gasteiger partial charge in [0.2, 0.25) is 0 Å². The molecule has 1 heterocycles. The first-order valence-electron chi connectivity index (χ1n) is 4.66. The van der Waals surface area contributed by atoms with Gasteiger partial charge in [-0.25, -0.2) is 9.78 Å². The van der Waals surface area contributed by atoms with E-state index in [0.717, 1.165) is 0 Å². The fourth-order valence-corrected chi connectivity index (χ4v) is 1.33. The van der Waals surface area contributed by atoms with Crippen LogP contribution in [0.15, 0.2) is 18.7 Å². The minimum Gasteiger partial charge on any atom is -0.492 e.